The number of nitrogens with zero attached hydrogens (tertiary/aromatic N) is 9. The van der Waals surface area contributed by atoms with Crippen LogP contribution < -0.4 is 4.74 Å². The van der Waals surface area contributed by atoms with Crippen LogP contribution in [0.2, 0.25) is 5.15 Å². The highest BCUT2D eigenvalue weighted by Crippen LogP contribution is 2.39. The lowest BCUT2D eigenvalue weighted by Crippen LogP contribution is -2.41. The summed E-state index contributed by atoms with van der Waals surface area (Å²) in [4.78, 5) is 77.7. The van der Waals surface area contributed by atoms with Gasteiger partial charge in [-0.25, -0.2) is 19.6 Å². The number of aryl methyl sites for hydroxylation is 3. The maximum Gasteiger partial charge on any atom is 0.354 e. The van der Waals surface area contributed by atoms with Gasteiger partial charge in [0, 0.05) is 67.0 Å². The number of aromatic carboxylic acids is 2. The minimum Gasteiger partial charge on any atom is -0.481 e. The summed E-state index contributed by atoms with van der Waals surface area (Å²) in [5, 5.41) is 46.3. The molecule has 0 bridgehead atoms. The molecule has 4 aromatic rings. The van der Waals surface area contributed by atoms with Crippen LogP contribution in [-0.4, -0.2) is 132 Å². The molecule has 1 spiro atoms. The third-order valence-electron chi connectivity index (χ3n) is 13.6. The van der Waals surface area contributed by atoms with Crippen LogP contribution in [-0.2, 0) is 60.6 Å². The van der Waals surface area contributed by atoms with Crippen LogP contribution in [0.1, 0.15) is 203 Å². The smallest absolute Gasteiger partial charge is 0.354 e. The van der Waals surface area contributed by atoms with Gasteiger partial charge in [-0.1, -0.05) is 97.7 Å². The number of aliphatic imine (C=N–C) groups is 1. The molecule has 432 valence electrons. The van der Waals surface area contributed by atoms with Crippen LogP contribution in [0.15, 0.2) is 23.2 Å². The van der Waals surface area contributed by atoms with E-state index in [9.17, 15) is 29.1 Å². The van der Waals surface area contributed by atoms with Crippen molar-refractivity contribution in [2.24, 2.45) is 32.1 Å². The topological polar surface area (TPSA) is 268 Å². The largest absolute Gasteiger partial charge is 0.481 e. The molecule has 2 aliphatic rings. The standard InChI is InChI=1S/C13H25NO3.C12H20N2O.C11H12N2O3.C11H18N2O3.C9H15ClN2O/c1-5-6-7-8-12(15)14(4)11(10(2)3)9-13(16)17;1-3-4-7-10-13-12(8-5-6-9-12)11(15)14(10)2;1-3-16-11-12-8-6-4-5-7(10(14)15)9(8)13(11)2;1-5-6-7-12-9(11(2,3)16)8(10(14)15)13(7)4;1-3-4-5-8-11-9(10)7(6-13)12(8)2/h10-11H,5-9H2,1-4H3,(H,16,17);3-9H2,1-2H3;4-6H,3H2,1-2H3,(H,14,15);16H,5-6H2,1-4H3,(H,14,15);13H,3-6H2,1-2H3. The molecule has 5 N–H and O–H groups in total. The van der Waals surface area contributed by atoms with Gasteiger partial charge >= 0.3 is 17.9 Å². The lowest BCUT2D eigenvalue weighted by molar-refractivity contribution is -0.141. The lowest BCUT2D eigenvalue weighted by atomic mass is 9.98. The zero-order valence-electron chi connectivity index (χ0n) is 48.4. The van der Waals surface area contributed by atoms with E-state index in [0.29, 0.717) is 53.2 Å². The first-order valence-electron chi connectivity index (χ1n) is 27.2. The van der Waals surface area contributed by atoms with Gasteiger partial charge in [-0.15, -0.1) is 0 Å². The Hall–Kier alpha value is -5.86. The minimum atomic E-state index is -1.24. The highest BCUT2D eigenvalue weighted by atomic mass is 35.5. The molecular formula is C56H90ClN9O11. The number of aliphatic hydroxyl groups excluding tert-OH is 1. The number of halogens is 1. The van der Waals surface area contributed by atoms with Crippen molar-refractivity contribution >= 4 is 58.2 Å². The second kappa shape index (κ2) is 32.1. The fourth-order valence-electron chi connectivity index (χ4n) is 9.15. The molecule has 1 saturated carbocycles. The van der Waals surface area contributed by atoms with E-state index in [1.165, 1.54) is 13.8 Å². The molecule has 1 fully saturated rings. The van der Waals surface area contributed by atoms with Crippen molar-refractivity contribution in [2.75, 3.05) is 20.7 Å². The number of carboxylic acid groups (broad SMARTS) is 3. The normalized spacial score (nSPS) is 13.9. The van der Waals surface area contributed by atoms with Crippen LogP contribution >= 0.6 is 11.6 Å². The van der Waals surface area contributed by atoms with Gasteiger partial charge in [-0.05, 0) is 77.3 Å². The zero-order chi connectivity index (χ0) is 58.4. The molecule has 0 radical (unpaired) electrons. The van der Waals surface area contributed by atoms with Crippen LogP contribution in [0.3, 0.4) is 0 Å². The Morgan fingerprint density at radius 2 is 1.40 bits per heavy atom. The summed E-state index contributed by atoms with van der Waals surface area (Å²) < 4.78 is 10.4. The molecule has 2 amide bonds. The van der Waals surface area contributed by atoms with Crippen molar-refractivity contribution in [2.45, 2.75) is 195 Å². The first-order valence-corrected chi connectivity index (χ1v) is 27.6. The second-order valence-corrected chi connectivity index (χ2v) is 20.8. The first kappa shape index (κ1) is 67.3. The van der Waals surface area contributed by atoms with Crippen molar-refractivity contribution in [3.63, 3.8) is 0 Å². The quantitative estimate of drug-likeness (QED) is 0.0459. The van der Waals surface area contributed by atoms with Crippen molar-refractivity contribution in [3.8, 4) is 6.01 Å². The molecular weight excluding hydrogens is 1010 g/mol. The lowest BCUT2D eigenvalue weighted by Gasteiger charge is -2.30. The number of benzene rings is 1. The number of hydrogen-bond donors (Lipinski definition) is 5. The molecule has 20 nitrogen and oxygen atoms in total. The van der Waals surface area contributed by atoms with E-state index in [4.69, 9.17) is 41.8 Å². The number of amides is 2. The van der Waals surface area contributed by atoms with Gasteiger partial charge in [0.25, 0.3) is 11.9 Å². The van der Waals surface area contributed by atoms with E-state index >= 15 is 0 Å². The molecule has 1 unspecified atom stereocenters. The highest BCUT2D eigenvalue weighted by molar-refractivity contribution is 6.30. The summed E-state index contributed by atoms with van der Waals surface area (Å²) in [5.41, 5.74) is 0.868. The summed E-state index contributed by atoms with van der Waals surface area (Å²) in [6.45, 7) is 17.7. The number of fused-ring (bicyclic) bond motifs is 1. The molecule has 1 aliphatic heterocycles. The van der Waals surface area contributed by atoms with Crippen LogP contribution in [0.25, 0.3) is 11.0 Å². The maximum absolute atomic E-state index is 12.1. The molecule has 1 aromatic carbocycles. The number of ether oxygens (including phenoxy) is 1. The Balaban J connectivity index is 0.000000330. The van der Waals surface area contributed by atoms with Crippen molar-refractivity contribution in [1.29, 1.82) is 0 Å². The van der Waals surface area contributed by atoms with E-state index < -0.39 is 23.5 Å². The Morgan fingerprint density at radius 1 is 0.805 bits per heavy atom. The SMILES string of the molecule is CCCCC1=NC2(CCCC2)C(=O)N1C.CCCCCC(=O)N(C)C(CC(=O)O)C(C)C.CCCCc1nc(Cl)c(CO)n1C.CCCc1nc(C(C)(C)O)c(C(=O)O)n1C.CCOc1nc2cccc(C(=O)O)c2n1C. The highest BCUT2D eigenvalue weighted by Gasteiger charge is 2.48. The third kappa shape index (κ3) is 18.9. The van der Waals surface area contributed by atoms with Crippen LogP contribution in [0.4, 0.5) is 0 Å². The number of aliphatic hydroxyl groups is 2. The molecule has 21 heteroatoms. The number of likely N-dealkylation sites (N-methyl/N-ethyl adjacent to an activating group) is 1. The number of hydrogen-bond acceptors (Lipinski definition) is 12. The van der Waals surface area contributed by atoms with Gasteiger partial charge in [0.05, 0.1) is 41.9 Å². The monoisotopic (exact) mass is 1100 g/mol. The van der Waals surface area contributed by atoms with Gasteiger partial charge in [0.2, 0.25) is 5.91 Å². The molecule has 1 atom stereocenters. The van der Waals surface area contributed by atoms with E-state index in [2.05, 4.69) is 35.7 Å². The molecule has 77 heavy (non-hydrogen) atoms. The van der Waals surface area contributed by atoms with Crippen molar-refractivity contribution in [1.82, 2.24) is 38.5 Å². The number of carbonyl (C=O) groups excluding carboxylic acids is 2. The number of rotatable bonds is 22. The minimum absolute atomic E-state index is 0.0215. The Bertz CT molecular complexity index is 2570. The molecule has 3 aromatic heterocycles. The Kier molecular flexibility index (Phi) is 28.1. The van der Waals surface area contributed by atoms with E-state index in [1.807, 2.05) is 46.4 Å². The Morgan fingerprint density at radius 3 is 1.88 bits per heavy atom. The third-order valence-corrected chi connectivity index (χ3v) is 13.9. The maximum atomic E-state index is 12.1. The first-order chi connectivity index (χ1) is 36.2. The van der Waals surface area contributed by atoms with Crippen molar-refractivity contribution in [3.05, 3.63) is 57.6 Å². The summed E-state index contributed by atoms with van der Waals surface area (Å²) in [5.74, 6) is 0.246. The van der Waals surface area contributed by atoms with Gasteiger partial charge < -0.3 is 49.2 Å². The number of aromatic nitrogens is 6. The van der Waals surface area contributed by atoms with Crippen LogP contribution in [0.5, 0.6) is 6.01 Å². The molecule has 1 aliphatic carbocycles. The predicted molar refractivity (Wildman–Crippen MR) is 300 cm³/mol. The fourth-order valence-corrected chi connectivity index (χ4v) is 9.43. The number of carboxylic acids is 3. The van der Waals surface area contributed by atoms with Gasteiger partial charge in [0.15, 0.2) is 10.8 Å². The number of unbranched alkanes of at least 4 members (excludes halogenated alkanes) is 4. The van der Waals surface area contributed by atoms with Gasteiger partial charge in [-0.2, -0.15) is 4.98 Å². The predicted octanol–water partition coefficient (Wildman–Crippen LogP) is 9.76. The summed E-state index contributed by atoms with van der Waals surface area (Å²) in [6.07, 6.45) is 15.8. The molecule has 0 saturated heterocycles. The average molecular weight is 1100 g/mol. The van der Waals surface area contributed by atoms with E-state index in [-0.39, 0.29) is 59.3 Å². The molecule has 4 heterocycles. The average Bonchev–Trinajstić information content (AvgIpc) is 4.18. The van der Waals surface area contributed by atoms with Gasteiger partial charge in [0.1, 0.15) is 34.3 Å². The van der Waals surface area contributed by atoms with Crippen LogP contribution in [0, 0.1) is 5.92 Å². The van der Waals surface area contributed by atoms with Crippen molar-refractivity contribution < 1.29 is 54.2 Å². The number of carbonyl (C=O) groups is 5. The zero-order valence-corrected chi connectivity index (χ0v) is 49.2. The van der Waals surface area contributed by atoms with E-state index in [0.717, 1.165) is 102 Å². The summed E-state index contributed by atoms with van der Waals surface area (Å²) in [6, 6.07) is 5.23. The number of imidazole rings is 3. The fraction of sp³-hybridized carbons (Fsp3) is 0.661. The Labute approximate surface area is 460 Å². The number of aliphatic carboxylic acids is 1. The summed E-state index contributed by atoms with van der Waals surface area (Å²) in [7, 11) is 8.88. The number of amidine groups is 1. The van der Waals surface area contributed by atoms with Gasteiger partial charge in [-0.3, -0.25) is 23.9 Å². The summed E-state index contributed by atoms with van der Waals surface area (Å²) >= 11 is 5.84. The number of para-hydroxylation sites is 1. The second-order valence-electron chi connectivity index (χ2n) is 20.5. The van der Waals surface area contributed by atoms with E-state index in [1.54, 1.807) is 58.3 Å². The molecule has 6 rings (SSSR count).